The van der Waals surface area contributed by atoms with Crippen LogP contribution in [0.3, 0.4) is 0 Å². The molecule has 0 heterocycles. The van der Waals surface area contributed by atoms with E-state index in [1.807, 2.05) is 27.0 Å². The molecule has 0 rings (SSSR count). The summed E-state index contributed by atoms with van der Waals surface area (Å²) in [5.41, 5.74) is 2.18. The first kappa shape index (κ1) is 8.21. The number of hydrogen-bond donors (Lipinski definition) is 1. The first-order valence-electron chi connectivity index (χ1n) is 3.00. The van der Waals surface area contributed by atoms with Crippen LogP contribution >= 0.6 is 0 Å². The maximum absolute atomic E-state index is 3.98. The van der Waals surface area contributed by atoms with Gasteiger partial charge in [0.25, 0.3) is 0 Å². The minimum atomic E-state index is 1.04. The Hall–Kier alpha value is -0.790. The van der Waals surface area contributed by atoms with E-state index in [1.54, 1.807) is 7.05 Å². The summed E-state index contributed by atoms with van der Waals surface area (Å²) < 4.78 is 0. The lowest BCUT2D eigenvalue weighted by atomic mass is 10.3. The monoisotopic (exact) mass is 126 g/mol. The minimum absolute atomic E-state index is 1.04. The maximum Gasteiger partial charge on any atom is 0.0330 e. The van der Waals surface area contributed by atoms with Crippen LogP contribution < -0.4 is 5.32 Å². The number of allylic oxidation sites excluding steroid dienone is 2. The van der Waals surface area contributed by atoms with Crippen LogP contribution in [0, 0.1) is 0 Å². The Morgan fingerprint density at radius 2 is 2.00 bits per heavy atom. The van der Waals surface area contributed by atoms with Crippen LogP contribution in [-0.2, 0) is 0 Å². The van der Waals surface area contributed by atoms with Crippen LogP contribution in [0.5, 0.6) is 0 Å². The van der Waals surface area contributed by atoms with E-state index in [4.69, 9.17) is 0 Å². The van der Waals surface area contributed by atoms with Gasteiger partial charge in [-0.2, -0.15) is 0 Å². The second kappa shape index (κ2) is 4.13. The first-order chi connectivity index (χ1) is 4.20. The van der Waals surface area contributed by atoms with Gasteiger partial charge in [-0.05, 0) is 19.9 Å². The fourth-order valence-electron chi connectivity index (χ4n) is 0.450. The Labute approximate surface area is 56.7 Å². The lowest BCUT2D eigenvalue weighted by molar-refractivity contribution is 0.992. The largest absolute Gasteiger partial charge is 0.392 e. The summed E-state index contributed by atoms with van der Waals surface area (Å²) in [6.45, 7) is 3.98. The predicted octanol–water partition coefficient (Wildman–Crippen LogP) is 1.20. The van der Waals surface area contributed by atoms with Gasteiger partial charge in [-0.25, -0.2) is 0 Å². The Balaban J connectivity index is 3.95. The summed E-state index contributed by atoms with van der Waals surface area (Å²) in [5.74, 6) is 0. The molecule has 52 valence electrons. The number of nitrogens with one attached hydrogen (secondary N) is 1. The highest BCUT2D eigenvalue weighted by Crippen LogP contribution is 1.85. The van der Waals surface area contributed by atoms with Gasteiger partial charge in [-0.1, -0.05) is 0 Å². The lowest BCUT2D eigenvalue weighted by Gasteiger charge is -1.96. The van der Waals surface area contributed by atoms with Gasteiger partial charge in [0.2, 0.25) is 0 Å². The van der Waals surface area contributed by atoms with Crippen LogP contribution in [0.1, 0.15) is 13.8 Å². The quantitative estimate of drug-likeness (QED) is 0.552. The fraction of sp³-hybridized carbons (Fsp3) is 0.571. The molecule has 0 atom stereocenters. The summed E-state index contributed by atoms with van der Waals surface area (Å²) in [6, 6.07) is 0. The van der Waals surface area contributed by atoms with Gasteiger partial charge >= 0.3 is 0 Å². The molecule has 0 aromatic heterocycles. The standard InChI is InChI=1S/C7H14N2/c1-6(8-3)5-7(2)9-4/h5,8H,1-4H3. The number of aliphatic imine (C=N–C) groups is 1. The zero-order valence-corrected chi connectivity index (χ0v) is 6.52. The second-order valence-corrected chi connectivity index (χ2v) is 1.94. The van der Waals surface area contributed by atoms with Gasteiger partial charge in [0.05, 0.1) is 0 Å². The topological polar surface area (TPSA) is 24.4 Å². The van der Waals surface area contributed by atoms with Gasteiger partial charge < -0.3 is 5.32 Å². The highest BCUT2D eigenvalue weighted by molar-refractivity contribution is 5.93. The van der Waals surface area contributed by atoms with Gasteiger partial charge in [-0.3, -0.25) is 4.99 Å². The molecule has 0 fully saturated rings. The Morgan fingerprint density at radius 1 is 1.44 bits per heavy atom. The van der Waals surface area contributed by atoms with Crippen molar-refractivity contribution in [1.29, 1.82) is 0 Å². The molecule has 0 saturated heterocycles. The Kier molecular flexibility index (Phi) is 3.76. The molecule has 2 nitrogen and oxygen atoms in total. The summed E-state index contributed by atoms with van der Waals surface area (Å²) in [6.07, 6.45) is 2.00. The van der Waals surface area contributed by atoms with Gasteiger partial charge in [-0.15, -0.1) is 0 Å². The van der Waals surface area contributed by atoms with Gasteiger partial charge in [0.1, 0.15) is 0 Å². The lowest BCUT2D eigenvalue weighted by Crippen LogP contribution is -2.03. The zero-order chi connectivity index (χ0) is 7.28. The van der Waals surface area contributed by atoms with E-state index in [9.17, 15) is 0 Å². The van der Waals surface area contributed by atoms with E-state index >= 15 is 0 Å². The highest BCUT2D eigenvalue weighted by atomic mass is 14.8. The number of nitrogens with zero attached hydrogens (tertiary/aromatic N) is 1. The van der Waals surface area contributed by atoms with E-state index in [2.05, 4.69) is 10.3 Å². The molecular weight excluding hydrogens is 112 g/mol. The third kappa shape index (κ3) is 3.76. The van der Waals surface area contributed by atoms with Gasteiger partial charge in [0.15, 0.2) is 0 Å². The molecule has 0 aliphatic heterocycles. The normalized spacial score (nSPS) is 13.8. The summed E-state index contributed by atoms with van der Waals surface area (Å²) in [4.78, 5) is 3.98. The average Bonchev–Trinajstić information content (AvgIpc) is 1.87. The van der Waals surface area contributed by atoms with Crippen molar-refractivity contribution in [2.45, 2.75) is 13.8 Å². The number of rotatable bonds is 2. The van der Waals surface area contributed by atoms with Crippen molar-refractivity contribution in [1.82, 2.24) is 5.32 Å². The molecule has 0 aromatic carbocycles. The fourth-order valence-corrected chi connectivity index (χ4v) is 0.450. The molecule has 0 spiro atoms. The molecule has 0 amide bonds. The van der Waals surface area contributed by atoms with Crippen LogP contribution in [0.4, 0.5) is 0 Å². The van der Waals surface area contributed by atoms with Gasteiger partial charge in [0, 0.05) is 25.5 Å². The third-order valence-electron chi connectivity index (χ3n) is 1.17. The molecule has 0 aromatic rings. The molecule has 0 saturated carbocycles. The third-order valence-corrected chi connectivity index (χ3v) is 1.17. The second-order valence-electron chi connectivity index (χ2n) is 1.94. The SMILES string of the molecule is CN=C(C)C=C(C)NC. The summed E-state index contributed by atoms with van der Waals surface area (Å²) >= 11 is 0. The van der Waals surface area contributed by atoms with Crippen molar-refractivity contribution < 1.29 is 0 Å². The number of hydrogen-bond acceptors (Lipinski definition) is 2. The van der Waals surface area contributed by atoms with Crippen molar-refractivity contribution in [3.63, 3.8) is 0 Å². The molecule has 0 aliphatic carbocycles. The molecular formula is C7H14N2. The Morgan fingerprint density at radius 3 is 2.33 bits per heavy atom. The Bertz CT molecular complexity index is 134. The minimum Gasteiger partial charge on any atom is -0.392 e. The van der Waals surface area contributed by atoms with Crippen molar-refractivity contribution in [2.75, 3.05) is 14.1 Å². The van der Waals surface area contributed by atoms with Crippen molar-refractivity contribution in [2.24, 2.45) is 4.99 Å². The summed E-state index contributed by atoms with van der Waals surface area (Å²) in [5, 5.41) is 3.01. The summed E-state index contributed by atoms with van der Waals surface area (Å²) in [7, 11) is 3.68. The van der Waals surface area contributed by atoms with E-state index in [0.717, 1.165) is 11.4 Å². The van der Waals surface area contributed by atoms with Crippen LogP contribution in [0.2, 0.25) is 0 Å². The van der Waals surface area contributed by atoms with Crippen LogP contribution in [0.15, 0.2) is 16.8 Å². The van der Waals surface area contributed by atoms with E-state index in [-0.39, 0.29) is 0 Å². The van der Waals surface area contributed by atoms with Crippen molar-refractivity contribution >= 4 is 5.71 Å². The van der Waals surface area contributed by atoms with Crippen molar-refractivity contribution in [3.8, 4) is 0 Å². The smallest absolute Gasteiger partial charge is 0.0330 e. The van der Waals surface area contributed by atoms with E-state index in [1.165, 1.54) is 0 Å². The zero-order valence-electron chi connectivity index (χ0n) is 6.52. The van der Waals surface area contributed by atoms with Crippen LogP contribution in [0.25, 0.3) is 0 Å². The highest BCUT2D eigenvalue weighted by Gasteiger charge is 1.82. The average molecular weight is 126 g/mol. The van der Waals surface area contributed by atoms with Crippen LogP contribution in [-0.4, -0.2) is 19.8 Å². The molecule has 0 aliphatic rings. The molecule has 0 bridgehead atoms. The first-order valence-corrected chi connectivity index (χ1v) is 3.00. The molecule has 0 unspecified atom stereocenters. The predicted molar refractivity (Wildman–Crippen MR) is 41.8 cm³/mol. The molecule has 2 heteroatoms. The molecule has 1 N–H and O–H groups in total. The maximum atomic E-state index is 3.98. The van der Waals surface area contributed by atoms with E-state index in [0.29, 0.717) is 0 Å². The van der Waals surface area contributed by atoms with E-state index < -0.39 is 0 Å². The molecule has 9 heavy (non-hydrogen) atoms. The van der Waals surface area contributed by atoms with Crippen molar-refractivity contribution in [3.05, 3.63) is 11.8 Å². The molecule has 0 radical (unpaired) electrons.